The Morgan fingerprint density at radius 2 is 1.69 bits per heavy atom. The van der Waals surface area contributed by atoms with E-state index in [1.54, 1.807) is 30.5 Å². The van der Waals surface area contributed by atoms with Crippen molar-refractivity contribution < 1.29 is 13.2 Å². The van der Waals surface area contributed by atoms with Crippen LogP contribution in [-0.2, 0) is 17.1 Å². The molecule has 0 saturated carbocycles. The minimum absolute atomic E-state index is 0.0760. The summed E-state index contributed by atoms with van der Waals surface area (Å²) in [6.45, 7) is 1.81. The van der Waals surface area contributed by atoms with Gasteiger partial charge in [0.25, 0.3) is 5.91 Å². The standard InChI is InChI=1S/C19H21N3O3S/c1-3-12-26(24,25)21-15-10-8-14(9-11-15)20-19(23)17-13-22(2)18-7-5-4-6-16(17)18/h4-11,13,21H,3,12H2,1-2H3,(H,20,23). The molecule has 6 nitrogen and oxygen atoms in total. The molecule has 2 aromatic carbocycles. The van der Waals surface area contributed by atoms with Gasteiger partial charge in [-0.25, -0.2) is 8.42 Å². The number of hydrogen-bond donors (Lipinski definition) is 2. The van der Waals surface area contributed by atoms with E-state index in [4.69, 9.17) is 0 Å². The van der Waals surface area contributed by atoms with E-state index in [2.05, 4.69) is 10.0 Å². The van der Waals surface area contributed by atoms with E-state index in [9.17, 15) is 13.2 Å². The Kier molecular flexibility index (Phi) is 4.99. The Labute approximate surface area is 152 Å². The Bertz CT molecular complexity index is 1040. The van der Waals surface area contributed by atoms with Crippen LogP contribution in [0.15, 0.2) is 54.7 Å². The smallest absolute Gasteiger partial charge is 0.257 e. The third kappa shape index (κ3) is 3.88. The Hall–Kier alpha value is -2.80. The number of para-hydroxylation sites is 1. The summed E-state index contributed by atoms with van der Waals surface area (Å²) in [6, 6.07) is 14.3. The first kappa shape index (κ1) is 18.0. The number of amides is 1. The first-order valence-corrected chi connectivity index (χ1v) is 10.0. The maximum atomic E-state index is 12.6. The SMILES string of the molecule is CCCS(=O)(=O)Nc1ccc(NC(=O)c2cn(C)c3ccccc23)cc1. The number of carbonyl (C=O) groups excluding carboxylic acids is 1. The molecule has 1 heterocycles. The summed E-state index contributed by atoms with van der Waals surface area (Å²) in [4.78, 5) is 12.6. The van der Waals surface area contributed by atoms with Crippen LogP contribution >= 0.6 is 0 Å². The second-order valence-electron chi connectivity index (χ2n) is 6.12. The van der Waals surface area contributed by atoms with Gasteiger partial charge in [-0.3, -0.25) is 9.52 Å². The lowest BCUT2D eigenvalue weighted by Crippen LogP contribution is -2.16. The van der Waals surface area contributed by atoms with Crippen molar-refractivity contribution in [3.8, 4) is 0 Å². The van der Waals surface area contributed by atoms with Crippen molar-refractivity contribution in [3.63, 3.8) is 0 Å². The van der Waals surface area contributed by atoms with Crippen molar-refractivity contribution in [1.82, 2.24) is 4.57 Å². The molecule has 26 heavy (non-hydrogen) atoms. The highest BCUT2D eigenvalue weighted by Crippen LogP contribution is 2.22. The number of nitrogens with zero attached hydrogens (tertiary/aromatic N) is 1. The van der Waals surface area contributed by atoms with Gasteiger partial charge in [0.15, 0.2) is 0 Å². The Morgan fingerprint density at radius 1 is 1.04 bits per heavy atom. The fourth-order valence-electron chi connectivity index (χ4n) is 2.84. The van der Waals surface area contributed by atoms with Crippen molar-refractivity contribution in [2.45, 2.75) is 13.3 Å². The van der Waals surface area contributed by atoms with Crippen LogP contribution in [-0.4, -0.2) is 24.6 Å². The molecule has 3 rings (SSSR count). The second-order valence-corrected chi connectivity index (χ2v) is 7.97. The van der Waals surface area contributed by atoms with Gasteiger partial charge in [-0.05, 0) is 36.8 Å². The largest absolute Gasteiger partial charge is 0.350 e. The van der Waals surface area contributed by atoms with E-state index in [-0.39, 0.29) is 11.7 Å². The summed E-state index contributed by atoms with van der Waals surface area (Å²) < 4.78 is 28.0. The fourth-order valence-corrected chi connectivity index (χ4v) is 3.98. The number of fused-ring (bicyclic) bond motifs is 1. The summed E-state index contributed by atoms with van der Waals surface area (Å²) in [5.74, 6) is -0.131. The molecule has 2 N–H and O–H groups in total. The molecule has 0 unspecified atom stereocenters. The van der Waals surface area contributed by atoms with Crippen LogP contribution in [0.3, 0.4) is 0 Å². The molecule has 1 amide bonds. The van der Waals surface area contributed by atoms with Gasteiger partial charge in [-0.15, -0.1) is 0 Å². The van der Waals surface area contributed by atoms with Crippen LogP contribution in [0.4, 0.5) is 11.4 Å². The van der Waals surface area contributed by atoms with Crippen molar-refractivity contribution >= 4 is 38.2 Å². The minimum Gasteiger partial charge on any atom is -0.350 e. The number of carbonyl (C=O) groups is 1. The molecular weight excluding hydrogens is 350 g/mol. The normalized spacial score (nSPS) is 11.5. The molecule has 0 aliphatic heterocycles. The summed E-state index contributed by atoms with van der Waals surface area (Å²) in [6.07, 6.45) is 2.35. The highest BCUT2D eigenvalue weighted by molar-refractivity contribution is 7.92. The molecule has 0 bridgehead atoms. The summed E-state index contributed by atoms with van der Waals surface area (Å²) in [7, 11) is -1.43. The van der Waals surface area contributed by atoms with E-state index in [1.807, 2.05) is 42.8 Å². The quantitative estimate of drug-likeness (QED) is 0.695. The van der Waals surface area contributed by atoms with E-state index in [0.717, 1.165) is 10.9 Å². The molecule has 0 spiro atoms. The molecule has 0 aliphatic carbocycles. The zero-order valence-electron chi connectivity index (χ0n) is 14.7. The second kappa shape index (κ2) is 7.21. The number of aromatic nitrogens is 1. The van der Waals surface area contributed by atoms with Crippen LogP contribution in [0.5, 0.6) is 0 Å². The summed E-state index contributed by atoms with van der Waals surface area (Å²) >= 11 is 0. The number of hydrogen-bond acceptors (Lipinski definition) is 3. The summed E-state index contributed by atoms with van der Waals surface area (Å²) in [5, 5.41) is 3.73. The molecule has 0 fully saturated rings. The van der Waals surface area contributed by atoms with Gasteiger partial charge in [0.05, 0.1) is 11.3 Å². The van der Waals surface area contributed by atoms with Gasteiger partial charge in [0.2, 0.25) is 10.0 Å². The maximum absolute atomic E-state index is 12.6. The van der Waals surface area contributed by atoms with Crippen molar-refractivity contribution in [2.75, 3.05) is 15.8 Å². The molecule has 0 radical (unpaired) electrons. The first-order valence-electron chi connectivity index (χ1n) is 8.35. The first-order chi connectivity index (χ1) is 12.4. The lowest BCUT2D eigenvalue weighted by molar-refractivity contribution is 0.102. The van der Waals surface area contributed by atoms with Crippen LogP contribution < -0.4 is 10.0 Å². The van der Waals surface area contributed by atoms with Crippen molar-refractivity contribution in [1.29, 1.82) is 0 Å². The Morgan fingerprint density at radius 3 is 2.38 bits per heavy atom. The minimum atomic E-state index is -3.33. The highest BCUT2D eigenvalue weighted by Gasteiger charge is 2.14. The number of nitrogens with one attached hydrogen (secondary N) is 2. The van der Waals surface area contributed by atoms with E-state index >= 15 is 0 Å². The average Bonchev–Trinajstić information content (AvgIpc) is 2.94. The molecule has 136 valence electrons. The van der Waals surface area contributed by atoms with Crippen LogP contribution in [0.2, 0.25) is 0 Å². The van der Waals surface area contributed by atoms with Crippen LogP contribution in [0.25, 0.3) is 10.9 Å². The molecule has 0 saturated heterocycles. The molecule has 3 aromatic rings. The number of rotatable bonds is 6. The molecule has 0 atom stereocenters. The predicted octanol–water partition coefficient (Wildman–Crippen LogP) is 3.58. The predicted molar refractivity (Wildman–Crippen MR) is 105 cm³/mol. The maximum Gasteiger partial charge on any atom is 0.257 e. The average molecular weight is 371 g/mol. The zero-order chi connectivity index (χ0) is 18.7. The third-order valence-electron chi connectivity index (χ3n) is 4.03. The van der Waals surface area contributed by atoms with Crippen LogP contribution in [0.1, 0.15) is 23.7 Å². The lowest BCUT2D eigenvalue weighted by atomic mass is 10.1. The number of anilines is 2. The van der Waals surface area contributed by atoms with Gasteiger partial charge in [0, 0.05) is 35.5 Å². The van der Waals surface area contributed by atoms with Gasteiger partial charge < -0.3 is 9.88 Å². The topological polar surface area (TPSA) is 80.2 Å². The van der Waals surface area contributed by atoms with Gasteiger partial charge >= 0.3 is 0 Å². The highest BCUT2D eigenvalue weighted by atomic mass is 32.2. The Balaban J connectivity index is 1.75. The molecule has 7 heteroatoms. The summed E-state index contributed by atoms with van der Waals surface area (Å²) in [5.41, 5.74) is 2.65. The molecule has 0 aliphatic rings. The molecule has 1 aromatic heterocycles. The van der Waals surface area contributed by atoms with Crippen molar-refractivity contribution in [3.05, 3.63) is 60.3 Å². The van der Waals surface area contributed by atoms with Gasteiger partial charge in [-0.1, -0.05) is 25.1 Å². The number of benzene rings is 2. The van der Waals surface area contributed by atoms with Gasteiger partial charge in [0.1, 0.15) is 0 Å². The van der Waals surface area contributed by atoms with E-state index in [0.29, 0.717) is 23.4 Å². The van der Waals surface area contributed by atoms with Crippen molar-refractivity contribution in [2.24, 2.45) is 7.05 Å². The fraction of sp³-hybridized carbons (Fsp3) is 0.211. The monoisotopic (exact) mass is 371 g/mol. The van der Waals surface area contributed by atoms with E-state index < -0.39 is 10.0 Å². The van der Waals surface area contributed by atoms with E-state index in [1.165, 1.54) is 0 Å². The number of aryl methyl sites for hydroxylation is 1. The van der Waals surface area contributed by atoms with Crippen LogP contribution in [0, 0.1) is 0 Å². The third-order valence-corrected chi connectivity index (χ3v) is 5.52. The van der Waals surface area contributed by atoms with Gasteiger partial charge in [-0.2, -0.15) is 0 Å². The molecular formula is C19H21N3O3S. The lowest BCUT2D eigenvalue weighted by Gasteiger charge is -2.09. The zero-order valence-corrected chi connectivity index (χ0v) is 15.5. The number of sulfonamides is 1.